The van der Waals surface area contributed by atoms with Gasteiger partial charge in [0.05, 0.1) is 6.04 Å². The third-order valence-electron chi connectivity index (χ3n) is 5.26. The van der Waals surface area contributed by atoms with Crippen LogP contribution in [0.25, 0.3) is 5.82 Å². The number of aliphatic hydroxyl groups excluding tert-OH is 1. The molecule has 2 heterocycles. The Morgan fingerprint density at radius 1 is 1.36 bits per heavy atom. The van der Waals surface area contributed by atoms with Gasteiger partial charge in [0.2, 0.25) is 5.95 Å². The van der Waals surface area contributed by atoms with Crippen molar-refractivity contribution in [2.75, 3.05) is 5.32 Å². The topological polar surface area (TPSA) is 131 Å². The largest absolute Gasteiger partial charge is 0.376 e. The van der Waals surface area contributed by atoms with Gasteiger partial charge >= 0.3 is 0 Å². The van der Waals surface area contributed by atoms with Crippen LogP contribution in [0.5, 0.6) is 0 Å². The highest BCUT2D eigenvalue weighted by atomic mass is 35.5. The van der Waals surface area contributed by atoms with E-state index < -0.39 is 30.1 Å². The number of amides is 1. The van der Waals surface area contributed by atoms with Crippen molar-refractivity contribution in [3.8, 4) is 5.82 Å². The number of rotatable bonds is 7. The molecule has 2 atom stereocenters. The van der Waals surface area contributed by atoms with E-state index in [9.17, 15) is 18.7 Å². The number of benzene rings is 1. The van der Waals surface area contributed by atoms with E-state index in [1.807, 2.05) is 0 Å². The Balaban J connectivity index is 1.50. The van der Waals surface area contributed by atoms with Gasteiger partial charge < -0.3 is 21.5 Å². The lowest BCUT2D eigenvalue weighted by Gasteiger charge is -2.35. The summed E-state index contributed by atoms with van der Waals surface area (Å²) in [4.78, 5) is 25.4. The zero-order valence-corrected chi connectivity index (χ0v) is 18.3. The highest BCUT2D eigenvalue weighted by Gasteiger charge is 2.45. The van der Waals surface area contributed by atoms with Crippen LogP contribution in [0.15, 0.2) is 43.0 Å². The molecule has 1 amide bonds. The molecule has 4 rings (SSSR count). The van der Waals surface area contributed by atoms with Crippen molar-refractivity contribution in [2.45, 2.75) is 44.0 Å². The van der Waals surface area contributed by atoms with Crippen molar-refractivity contribution in [2.24, 2.45) is 5.73 Å². The first-order chi connectivity index (χ1) is 15.6. The minimum atomic E-state index is -2.65. The molecular weight excluding hydrogens is 456 g/mol. The van der Waals surface area contributed by atoms with Crippen LogP contribution in [0.1, 0.15) is 40.5 Å². The van der Waals surface area contributed by atoms with Crippen molar-refractivity contribution in [1.82, 2.24) is 24.8 Å². The molecule has 1 saturated carbocycles. The number of halogens is 3. The number of alkyl halides is 2. The van der Waals surface area contributed by atoms with E-state index in [2.05, 4.69) is 25.6 Å². The Hall–Kier alpha value is -3.15. The number of nitrogens with one attached hydrogen (secondary N) is 2. The number of nitrogens with zero attached hydrogens (tertiary/aromatic N) is 4. The molecule has 1 fully saturated rings. The van der Waals surface area contributed by atoms with Crippen LogP contribution in [-0.4, -0.2) is 48.7 Å². The monoisotopic (exact) mass is 477 g/mol. The lowest BCUT2D eigenvalue weighted by Crippen LogP contribution is -2.44. The molecule has 33 heavy (non-hydrogen) atoms. The summed E-state index contributed by atoms with van der Waals surface area (Å²) in [6, 6.07) is 5.32. The van der Waals surface area contributed by atoms with Crippen LogP contribution >= 0.6 is 11.6 Å². The predicted octanol–water partition coefficient (Wildman–Crippen LogP) is 2.58. The number of anilines is 1. The average molecular weight is 478 g/mol. The molecular formula is C21H22ClF2N7O2. The first-order valence-corrected chi connectivity index (χ1v) is 10.5. The summed E-state index contributed by atoms with van der Waals surface area (Å²) in [7, 11) is 0. The summed E-state index contributed by atoms with van der Waals surface area (Å²) in [5.74, 6) is -2.57. The van der Waals surface area contributed by atoms with E-state index in [1.165, 1.54) is 17.1 Å². The number of aliphatic hydroxyl groups is 1. The smallest absolute Gasteiger partial charge is 0.272 e. The van der Waals surface area contributed by atoms with E-state index in [-0.39, 0.29) is 24.5 Å². The van der Waals surface area contributed by atoms with E-state index in [0.717, 1.165) is 0 Å². The molecule has 0 radical (unpaired) electrons. The first kappa shape index (κ1) is 23.0. The van der Waals surface area contributed by atoms with Crippen molar-refractivity contribution >= 4 is 23.5 Å². The second-order valence-electron chi connectivity index (χ2n) is 7.97. The summed E-state index contributed by atoms with van der Waals surface area (Å²) in [5.41, 5.74) is 6.94. The van der Waals surface area contributed by atoms with Crippen LogP contribution in [0.2, 0.25) is 5.02 Å². The van der Waals surface area contributed by atoms with Gasteiger partial charge in [0.25, 0.3) is 11.8 Å². The highest BCUT2D eigenvalue weighted by molar-refractivity contribution is 6.30. The van der Waals surface area contributed by atoms with E-state index >= 15 is 0 Å². The van der Waals surface area contributed by atoms with Crippen molar-refractivity contribution in [1.29, 1.82) is 0 Å². The van der Waals surface area contributed by atoms with E-state index in [1.54, 1.807) is 37.4 Å². The number of hydrogen-bond donors (Lipinski definition) is 4. The third kappa shape index (κ3) is 5.27. The Bertz CT molecular complexity index is 1160. The van der Waals surface area contributed by atoms with Crippen LogP contribution in [0.3, 0.4) is 0 Å². The summed E-state index contributed by atoms with van der Waals surface area (Å²) in [5, 5.41) is 15.9. The minimum absolute atomic E-state index is 0.0637. The summed E-state index contributed by atoms with van der Waals surface area (Å²) in [6.45, 7) is 1.77. The number of carbonyl (C=O) groups is 1. The Kier molecular flexibility index (Phi) is 6.28. The second-order valence-corrected chi connectivity index (χ2v) is 8.41. The fraction of sp³-hybridized carbons (Fsp3) is 0.333. The number of carbonyl (C=O) groups excluding carboxylic acids is 1. The van der Waals surface area contributed by atoms with Gasteiger partial charge in [0.1, 0.15) is 24.1 Å². The fourth-order valence-corrected chi connectivity index (χ4v) is 3.75. The molecule has 2 aromatic heterocycles. The van der Waals surface area contributed by atoms with Crippen molar-refractivity contribution in [3.63, 3.8) is 0 Å². The van der Waals surface area contributed by atoms with Gasteiger partial charge in [-0.05, 0) is 24.6 Å². The lowest BCUT2D eigenvalue weighted by atomic mass is 9.88. The van der Waals surface area contributed by atoms with Crippen molar-refractivity contribution in [3.05, 3.63) is 64.8 Å². The summed E-state index contributed by atoms with van der Waals surface area (Å²) < 4.78 is 27.7. The number of nitrogens with two attached hydrogens (primary N) is 1. The number of aromatic nitrogens is 4. The summed E-state index contributed by atoms with van der Waals surface area (Å²) >= 11 is 6.00. The Labute approximate surface area is 193 Å². The molecule has 1 aliphatic carbocycles. The zero-order valence-electron chi connectivity index (χ0n) is 17.5. The zero-order chi connectivity index (χ0) is 23.8. The SMILES string of the molecule is Cc1cnc(NC2CC(F)(F)C2)nc1-n1cnc(C(=O)N[C@@H](c2cccc(Cl)c2)[C@@H](N)O)c1. The molecule has 0 spiro atoms. The normalized spacial score (nSPS) is 17.2. The highest BCUT2D eigenvalue weighted by Crippen LogP contribution is 2.38. The van der Waals surface area contributed by atoms with Crippen LogP contribution < -0.4 is 16.4 Å². The molecule has 1 aliphatic rings. The van der Waals surface area contributed by atoms with Gasteiger partial charge in [-0.25, -0.2) is 18.7 Å². The molecule has 0 saturated heterocycles. The maximum atomic E-state index is 13.1. The number of aryl methyl sites for hydroxylation is 1. The molecule has 5 N–H and O–H groups in total. The summed E-state index contributed by atoms with van der Waals surface area (Å²) in [6.07, 6.45) is 2.51. The lowest BCUT2D eigenvalue weighted by molar-refractivity contribution is -0.0794. The van der Waals surface area contributed by atoms with Crippen LogP contribution in [-0.2, 0) is 0 Å². The molecule has 1 aromatic carbocycles. The van der Waals surface area contributed by atoms with Crippen LogP contribution in [0, 0.1) is 6.92 Å². The Morgan fingerprint density at radius 2 is 2.12 bits per heavy atom. The first-order valence-electron chi connectivity index (χ1n) is 10.1. The maximum absolute atomic E-state index is 13.1. The van der Waals surface area contributed by atoms with E-state index in [4.69, 9.17) is 17.3 Å². The molecule has 3 aromatic rings. The third-order valence-corrected chi connectivity index (χ3v) is 5.50. The molecule has 174 valence electrons. The van der Waals surface area contributed by atoms with Gasteiger partial charge in [-0.2, -0.15) is 4.98 Å². The maximum Gasteiger partial charge on any atom is 0.272 e. The molecule has 0 unspecified atom stereocenters. The quantitative estimate of drug-likeness (QED) is 0.385. The Morgan fingerprint density at radius 3 is 2.79 bits per heavy atom. The number of imidazole rings is 1. The van der Waals surface area contributed by atoms with Gasteiger partial charge in [0.15, 0.2) is 0 Å². The van der Waals surface area contributed by atoms with Crippen molar-refractivity contribution < 1.29 is 18.7 Å². The van der Waals surface area contributed by atoms with Gasteiger partial charge in [-0.1, -0.05) is 23.7 Å². The average Bonchev–Trinajstić information content (AvgIpc) is 3.22. The predicted molar refractivity (Wildman–Crippen MR) is 117 cm³/mol. The molecule has 9 nitrogen and oxygen atoms in total. The molecule has 0 aliphatic heterocycles. The van der Waals surface area contributed by atoms with E-state index in [0.29, 0.717) is 22.0 Å². The minimum Gasteiger partial charge on any atom is -0.376 e. The molecule has 12 heteroatoms. The van der Waals surface area contributed by atoms with Crippen LogP contribution in [0.4, 0.5) is 14.7 Å². The standard InChI is InChI=1S/C21H22ClF2N7O2/c1-11-8-26-20(28-14-6-21(23,24)7-14)30-18(11)31-9-15(27-10-31)19(33)29-16(17(25)32)12-3-2-4-13(22)5-12/h2-5,8-10,14,16-17,32H,6-7,25H2,1H3,(H,29,33)(H,26,28,30)/t16-,17-/m0/s1. The molecule has 0 bridgehead atoms. The van der Waals surface area contributed by atoms with Gasteiger partial charge in [-0.3, -0.25) is 9.36 Å². The second kappa shape index (κ2) is 9.00. The fourth-order valence-electron chi connectivity index (χ4n) is 3.55. The number of hydrogen-bond acceptors (Lipinski definition) is 7. The van der Waals surface area contributed by atoms with Gasteiger partial charge in [-0.15, -0.1) is 0 Å². The van der Waals surface area contributed by atoms with Gasteiger partial charge in [0, 0.05) is 41.9 Å².